The molecule has 0 unspecified atom stereocenters. The number of benzene rings is 2. The SMILES string of the molecule is COc1ccc([C@H]2C(C#N)=C(N)N(c3cccc(Cl)c3)C3=C2C(=O)CCC3)cc1CN1CCOCC1. The molecule has 1 saturated heterocycles. The summed E-state index contributed by atoms with van der Waals surface area (Å²) in [6.07, 6.45) is 1.88. The number of nitrogens with zero attached hydrogens (tertiary/aromatic N) is 3. The maximum absolute atomic E-state index is 13.4. The average Bonchev–Trinajstić information content (AvgIpc) is 2.89. The molecule has 2 aromatic rings. The first-order valence-electron chi connectivity index (χ1n) is 12.2. The fraction of sp³-hybridized carbons (Fsp3) is 0.357. The Kier molecular flexibility index (Phi) is 7.01. The number of methoxy groups -OCH3 is 1. The fourth-order valence-electron chi connectivity index (χ4n) is 5.43. The van der Waals surface area contributed by atoms with Crippen LogP contribution < -0.4 is 15.4 Å². The molecule has 7 nitrogen and oxygen atoms in total. The van der Waals surface area contributed by atoms with Crippen LogP contribution in [0.5, 0.6) is 5.75 Å². The van der Waals surface area contributed by atoms with Crippen molar-refractivity contribution in [1.82, 2.24) is 4.90 Å². The Hall–Kier alpha value is -3.31. The Morgan fingerprint density at radius 1 is 1.19 bits per heavy atom. The minimum Gasteiger partial charge on any atom is -0.496 e. The highest BCUT2D eigenvalue weighted by atomic mass is 35.5. The van der Waals surface area contributed by atoms with Gasteiger partial charge in [-0.05, 0) is 48.7 Å². The predicted molar refractivity (Wildman–Crippen MR) is 138 cm³/mol. The maximum atomic E-state index is 13.4. The number of carbonyl (C=O) groups is 1. The molecule has 36 heavy (non-hydrogen) atoms. The molecule has 5 rings (SSSR count). The molecule has 8 heteroatoms. The highest BCUT2D eigenvalue weighted by molar-refractivity contribution is 6.30. The van der Waals surface area contributed by atoms with Crippen LogP contribution in [-0.2, 0) is 16.1 Å². The summed E-state index contributed by atoms with van der Waals surface area (Å²) in [6, 6.07) is 15.6. The molecule has 2 heterocycles. The summed E-state index contributed by atoms with van der Waals surface area (Å²) >= 11 is 6.28. The smallest absolute Gasteiger partial charge is 0.161 e. The summed E-state index contributed by atoms with van der Waals surface area (Å²) in [5.41, 5.74) is 11.2. The van der Waals surface area contributed by atoms with E-state index in [0.717, 1.165) is 47.8 Å². The van der Waals surface area contributed by atoms with Gasteiger partial charge < -0.3 is 15.2 Å². The molecule has 2 aromatic carbocycles. The summed E-state index contributed by atoms with van der Waals surface area (Å²) < 4.78 is 11.2. The molecule has 0 spiro atoms. The van der Waals surface area contributed by atoms with Gasteiger partial charge >= 0.3 is 0 Å². The van der Waals surface area contributed by atoms with Gasteiger partial charge in [-0.15, -0.1) is 0 Å². The Morgan fingerprint density at radius 3 is 2.72 bits per heavy atom. The molecule has 0 radical (unpaired) electrons. The van der Waals surface area contributed by atoms with Crippen molar-refractivity contribution in [3.8, 4) is 11.8 Å². The zero-order valence-corrected chi connectivity index (χ0v) is 21.1. The van der Waals surface area contributed by atoms with Gasteiger partial charge in [0.05, 0.1) is 37.9 Å². The number of nitrogens with two attached hydrogens (primary N) is 1. The number of hydrogen-bond donors (Lipinski definition) is 1. The van der Waals surface area contributed by atoms with Gasteiger partial charge in [0, 0.05) is 53.6 Å². The van der Waals surface area contributed by atoms with Gasteiger partial charge in [-0.3, -0.25) is 14.6 Å². The van der Waals surface area contributed by atoms with E-state index in [9.17, 15) is 10.1 Å². The minimum atomic E-state index is -0.525. The molecule has 0 saturated carbocycles. The van der Waals surface area contributed by atoms with Crippen LogP contribution >= 0.6 is 11.6 Å². The normalized spacial score (nSPS) is 20.9. The van der Waals surface area contributed by atoms with Gasteiger partial charge in [-0.2, -0.15) is 5.26 Å². The highest BCUT2D eigenvalue weighted by Crippen LogP contribution is 2.47. The van der Waals surface area contributed by atoms with Crippen molar-refractivity contribution in [3.05, 3.63) is 81.3 Å². The topological polar surface area (TPSA) is 91.8 Å². The van der Waals surface area contributed by atoms with E-state index >= 15 is 0 Å². The van der Waals surface area contributed by atoms with E-state index in [0.29, 0.717) is 54.6 Å². The summed E-state index contributed by atoms with van der Waals surface area (Å²) in [6.45, 7) is 3.78. The van der Waals surface area contributed by atoms with Crippen LogP contribution in [0.25, 0.3) is 0 Å². The van der Waals surface area contributed by atoms with Gasteiger partial charge in [0.15, 0.2) is 5.78 Å². The minimum absolute atomic E-state index is 0.0547. The fourth-order valence-corrected chi connectivity index (χ4v) is 5.62. The first-order chi connectivity index (χ1) is 17.5. The van der Waals surface area contributed by atoms with Crippen LogP contribution in [0, 0.1) is 11.3 Å². The third-order valence-electron chi connectivity index (χ3n) is 7.12. The molecule has 1 fully saturated rings. The van der Waals surface area contributed by atoms with E-state index in [1.54, 1.807) is 19.2 Å². The van der Waals surface area contributed by atoms with Crippen molar-refractivity contribution in [1.29, 1.82) is 5.26 Å². The highest BCUT2D eigenvalue weighted by Gasteiger charge is 2.40. The lowest BCUT2D eigenvalue weighted by molar-refractivity contribution is -0.116. The number of ether oxygens (including phenoxy) is 2. The Bertz CT molecular complexity index is 1290. The average molecular weight is 505 g/mol. The van der Waals surface area contributed by atoms with Crippen molar-refractivity contribution in [2.75, 3.05) is 38.3 Å². The van der Waals surface area contributed by atoms with Crippen LogP contribution in [0.4, 0.5) is 5.69 Å². The van der Waals surface area contributed by atoms with Gasteiger partial charge in [0.2, 0.25) is 0 Å². The van der Waals surface area contributed by atoms with E-state index in [2.05, 4.69) is 17.0 Å². The quantitative estimate of drug-likeness (QED) is 0.641. The van der Waals surface area contributed by atoms with Gasteiger partial charge in [0.25, 0.3) is 0 Å². The largest absolute Gasteiger partial charge is 0.496 e. The van der Waals surface area contributed by atoms with Crippen LogP contribution in [0.1, 0.15) is 36.3 Å². The molecule has 2 N–H and O–H groups in total. The zero-order chi connectivity index (χ0) is 25.2. The van der Waals surface area contributed by atoms with Gasteiger partial charge in [0.1, 0.15) is 11.6 Å². The lowest BCUT2D eigenvalue weighted by Gasteiger charge is -2.39. The number of Topliss-reactive ketones (excluding diaryl/α,β-unsaturated/α-hetero) is 1. The van der Waals surface area contributed by atoms with Crippen LogP contribution in [0.15, 0.2) is 65.1 Å². The van der Waals surface area contributed by atoms with Crippen molar-refractivity contribution in [2.45, 2.75) is 31.7 Å². The summed E-state index contributed by atoms with van der Waals surface area (Å²) in [4.78, 5) is 17.6. The molecule has 2 aliphatic heterocycles. The van der Waals surface area contributed by atoms with Gasteiger partial charge in [-0.25, -0.2) is 0 Å². The second kappa shape index (κ2) is 10.4. The van der Waals surface area contributed by atoms with Crippen molar-refractivity contribution < 1.29 is 14.3 Å². The lowest BCUT2D eigenvalue weighted by Crippen LogP contribution is -2.38. The second-order valence-corrected chi connectivity index (χ2v) is 9.69. The zero-order valence-electron chi connectivity index (χ0n) is 20.3. The van der Waals surface area contributed by atoms with Crippen LogP contribution in [0.3, 0.4) is 0 Å². The third kappa shape index (κ3) is 4.48. The number of halogens is 1. The summed E-state index contributed by atoms with van der Waals surface area (Å²) in [7, 11) is 1.66. The van der Waals surface area contributed by atoms with E-state index < -0.39 is 5.92 Å². The first kappa shape index (κ1) is 24.4. The Balaban J connectivity index is 1.63. The first-order valence-corrected chi connectivity index (χ1v) is 12.6. The second-order valence-electron chi connectivity index (χ2n) is 9.26. The van der Waals surface area contributed by atoms with Crippen LogP contribution in [-0.4, -0.2) is 44.1 Å². The number of allylic oxidation sites excluding steroid dienone is 3. The molecular weight excluding hydrogens is 476 g/mol. The number of rotatable bonds is 5. The lowest BCUT2D eigenvalue weighted by atomic mass is 9.75. The van der Waals surface area contributed by atoms with Crippen molar-refractivity contribution in [3.63, 3.8) is 0 Å². The summed E-state index contributed by atoms with van der Waals surface area (Å²) in [5.74, 6) is 0.645. The van der Waals surface area contributed by atoms with E-state index in [4.69, 9.17) is 26.8 Å². The standard InChI is InChI=1S/C28H29ClN4O3/c1-35-25-9-8-18(14-19(25)17-32-10-12-36-13-11-32)26-22(16-30)28(31)33(21-5-2-4-20(29)15-21)23-6-3-7-24(34)27(23)26/h2,4-5,8-9,14-15,26H,3,6-7,10-13,17,31H2,1H3/t26-/m0/s1. The van der Waals surface area contributed by atoms with E-state index in [1.807, 2.05) is 29.2 Å². The van der Waals surface area contributed by atoms with Crippen molar-refractivity contribution >= 4 is 23.1 Å². The number of morpholine rings is 1. The third-order valence-corrected chi connectivity index (χ3v) is 7.35. The van der Waals surface area contributed by atoms with E-state index in [-0.39, 0.29) is 5.78 Å². The number of carbonyl (C=O) groups excluding carboxylic acids is 1. The summed E-state index contributed by atoms with van der Waals surface area (Å²) in [5, 5.41) is 10.9. The molecule has 0 aromatic heterocycles. The molecule has 186 valence electrons. The number of ketones is 1. The number of nitriles is 1. The molecule has 3 aliphatic rings. The van der Waals surface area contributed by atoms with E-state index in [1.165, 1.54) is 0 Å². The van der Waals surface area contributed by atoms with Crippen molar-refractivity contribution in [2.24, 2.45) is 5.73 Å². The Morgan fingerprint density at radius 2 is 2.00 bits per heavy atom. The molecule has 0 amide bonds. The predicted octanol–water partition coefficient (Wildman–Crippen LogP) is 4.49. The molecule has 1 atom stereocenters. The van der Waals surface area contributed by atoms with Gasteiger partial charge in [-0.1, -0.05) is 23.7 Å². The molecular formula is C28H29ClN4O3. The number of hydrogen-bond acceptors (Lipinski definition) is 7. The monoisotopic (exact) mass is 504 g/mol. The number of anilines is 1. The maximum Gasteiger partial charge on any atom is 0.161 e. The molecule has 0 bridgehead atoms. The Labute approximate surface area is 216 Å². The van der Waals surface area contributed by atoms with Crippen LogP contribution in [0.2, 0.25) is 5.02 Å². The molecule has 1 aliphatic carbocycles.